The third-order valence-corrected chi connectivity index (χ3v) is 8.13. The Bertz CT molecular complexity index is 1900. The highest BCUT2D eigenvalue weighted by Crippen LogP contribution is 2.30. The van der Waals surface area contributed by atoms with Gasteiger partial charge in [0.25, 0.3) is 11.5 Å². The number of unbranched alkanes of at least 4 members (excludes halogenated alkanes) is 1. The van der Waals surface area contributed by atoms with Crippen molar-refractivity contribution in [2.24, 2.45) is 0 Å². The molecule has 0 saturated heterocycles. The van der Waals surface area contributed by atoms with Crippen LogP contribution in [0.1, 0.15) is 66.7 Å². The summed E-state index contributed by atoms with van der Waals surface area (Å²) in [6, 6.07) is 26.0. The minimum absolute atomic E-state index is 0.00645. The van der Waals surface area contributed by atoms with Gasteiger partial charge < -0.3 is 15.2 Å². The number of rotatable bonds is 14. The number of aromatic nitrogens is 2. The standard InChI is InChI=1S/C38H42FN5O3/c1-4-6-21-40-37(46)32-25-43(24-29-15-10-11-16-33(29)39)36-22-31(28-17-19-30(20-18-28)41-35(45)12-5-2)34(44(36)38(32)47)26-42(3)23-27-13-8-7-9-14-27/h7-11,13-20,22,25H,4-6,12,21,23-24,26H2,1-3H3,(H,40,46)(H,41,45). The third kappa shape index (κ3) is 8.04. The molecule has 0 aliphatic rings. The number of benzene rings is 3. The van der Waals surface area contributed by atoms with E-state index in [4.69, 9.17) is 0 Å². The normalized spacial score (nSPS) is 11.3. The van der Waals surface area contributed by atoms with Gasteiger partial charge >= 0.3 is 0 Å². The predicted molar refractivity (Wildman–Crippen MR) is 185 cm³/mol. The van der Waals surface area contributed by atoms with Crippen LogP contribution in [-0.4, -0.2) is 39.3 Å². The molecule has 2 N–H and O–H groups in total. The molecule has 2 aromatic heterocycles. The molecule has 0 saturated carbocycles. The Kier molecular flexibility index (Phi) is 11.0. The van der Waals surface area contributed by atoms with Crippen LogP contribution in [0.5, 0.6) is 0 Å². The molecular weight excluding hydrogens is 593 g/mol. The van der Waals surface area contributed by atoms with Gasteiger partial charge in [-0.2, -0.15) is 0 Å². The van der Waals surface area contributed by atoms with Gasteiger partial charge in [0, 0.05) is 54.8 Å². The van der Waals surface area contributed by atoms with Crippen molar-refractivity contribution in [2.75, 3.05) is 18.9 Å². The number of halogens is 1. The second kappa shape index (κ2) is 15.5. The molecule has 3 aromatic carbocycles. The maximum absolute atomic E-state index is 14.9. The van der Waals surface area contributed by atoms with Crippen LogP contribution in [0.3, 0.4) is 0 Å². The second-order valence-electron chi connectivity index (χ2n) is 11.9. The molecule has 0 spiro atoms. The number of anilines is 1. The van der Waals surface area contributed by atoms with Gasteiger partial charge in [-0.3, -0.25) is 23.7 Å². The number of nitrogens with one attached hydrogen (secondary N) is 2. The van der Waals surface area contributed by atoms with Crippen LogP contribution < -0.4 is 16.2 Å². The second-order valence-corrected chi connectivity index (χ2v) is 11.9. The first kappa shape index (κ1) is 33.3. The number of hydrogen-bond acceptors (Lipinski definition) is 4. The Morgan fingerprint density at radius 1 is 0.894 bits per heavy atom. The predicted octanol–water partition coefficient (Wildman–Crippen LogP) is 6.86. The average molecular weight is 636 g/mol. The van der Waals surface area contributed by atoms with Crippen LogP contribution in [-0.2, 0) is 24.4 Å². The van der Waals surface area contributed by atoms with Crippen molar-refractivity contribution < 1.29 is 14.0 Å². The highest BCUT2D eigenvalue weighted by molar-refractivity contribution is 5.94. The number of carbonyl (C=O) groups excluding carboxylic acids is 2. The zero-order valence-electron chi connectivity index (χ0n) is 27.3. The summed E-state index contributed by atoms with van der Waals surface area (Å²) in [5, 5.41) is 5.81. The molecule has 47 heavy (non-hydrogen) atoms. The fourth-order valence-corrected chi connectivity index (χ4v) is 5.73. The zero-order valence-corrected chi connectivity index (χ0v) is 27.3. The molecule has 244 valence electrons. The summed E-state index contributed by atoms with van der Waals surface area (Å²) in [6.07, 6.45) is 4.42. The fourth-order valence-electron chi connectivity index (χ4n) is 5.73. The fraction of sp³-hybridized carbons (Fsp3) is 0.289. The molecule has 5 rings (SSSR count). The maximum Gasteiger partial charge on any atom is 0.270 e. The van der Waals surface area contributed by atoms with E-state index in [-0.39, 0.29) is 23.8 Å². The van der Waals surface area contributed by atoms with E-state index in [0.29, 0.717) is 48.6 Å². The Hall–Kier alpha value is -5.02. The summed E-state index contributed by atoms with van der Waals surface area (Å²) >= 11 is 0. The van der Waals surface area contributed by atoms with E-state index in [1.54, 1.807) is 33.4 Å². The van der Waals surface area contributed by atoms with Crippen molar-refractivity contribution >= 4 is 23.1 Å². The van der Waals surface area contributed by atoms with Crippen LogP contribution in [0.2, 0.25) is 0 Å². The average Bonchev–Trinajstić information content (AvgIpc) is 3.43. The molecule has 8 nitrogen and oxygen atoms in total. The van der Waals surface area contributed by atoms with Crippen molar-refractivity contribution in [3.63, 3.8) is 0 Å². The van der Waals surface area contributed by atoms with Crippen LogP contribution in [0.4, 0.5) is 10.1 Å². The number of carbonyl (C=O) groups is 2. The molecule has 9 heteroatoms. The van der Waals surface area contributed by atoms with Gasteiger partial charge in [0.1, 0.15) is 17.0 Å². The number of hydrogen-bond donors (Lipinski definition) is 2. The maximum atomic E-state index is 14.9. The van der Waals surface area contributed by atoms with Crippen LogP contribution >= 0.6 is 0 Å². The summed E-state index contributed by atoms with van der Waals surface area (Å²) in [5.74, 6) is -0.875. The lowest BCUT2D eigenvalue weighted by Gasteiger charge is -2.19. The minimum atomic E-state index is -0.460. The molecule has 5 aromatic rings. The largest absolute Gasteiger partial charge is 0.352 e. The van der Waals surface area contributed by atoms with Crippen molar-refractivity contribution in [3.05, 3.63) is 130 Å². The van der Waals surface area contributed by atoms with Gasteiger partial charge in [0.15, 0.2) is 0 Å². The number of fused-ring (bicyclic) bond motifs is 1. The summed E-state index contributed by atoms with van der Waals surface area (Å²) in [6.45, 7) is 5.59. The van der Waals surface area contributed by atoms with Gasteiger partial charge in [-0.05, 0) is 55.3 Å². The van der Waals surface area contributed by atoms with E-state index in [9.17, 15) is 18.8 Å². The Balaban J connectivity index is 1.67. The lowest BCUT2D eigenvalue weighted by atomic mass is 10.0. The zero-order chi connectivity index (χ0) is 33.3. The monoisotopic (exact) mass is 635 g/mol. The van der Waals surface area contributed by atoms with Gasteiger partial charge in [-0.25, -0.2) is 4.39 Å². The lowest BCUT2D eigenvalue weighted by Crippen LogP contribution is -2.34. The molecule has 0 bridgehead atoms. The molecule has 0 atom stereocenters. The molecule has 0 unspecified atom stereocenters. The van der Waals surface area contributed by atoms with E-state index in [0.717, 1.165) is 36.0 Å². The molecule has 0 radical (unpaired) electrons. The van der Waals surface area contributed by atoms with Gasteiger partial charge in [0.05, 0.1) is 6.54 Å². The van der Waals surface area contributed by atoms with E-state index >= 15 is 0 Å². The summed E-state index contributed by atoms with van der Waals surface area (Å²) in [5.41, 5.74) is 4.70. The quantitative estimate of drug-likeness (QED) is 0.131. The highest BCUT2D eigenvalue weighted by Gasteiger charge is 2.23. The van der Waals surface area contributed by atoms with Gasteiger partial charge in [0.2, 0.25) is 5.91 Å². The van der Waals surface area contributed by atoms with E-state index in [1.165, 1.54) is 6.07 Å². The topological polar surface area (TPSA) is 87.8 Å². The molecular formula is C38H42FN5O3. The summed E-state index contributed by atoms with van der Waals surface area (Å²) in [4.78, 5) is 42.0. The molecule has 0 fully saturated rings. The van der Waals surface area contributed by atoms with Crippen LogP contribution in [0.15, 0.2) is 95.9 Å². The van der Waals surface area contributed by atoms with E-state index in [1.807, 2.05) is 69.4 Å². The Labute approximate surface area is 274 Å². The van der Waals surface area contributed by atoms with Crippen LogP contribution in [0.25, 0.3) is 16.8 Å². The Morgan fingerprint density at radius 2 is 1.62 bits per heavy atom. The van der Waals surface area contributed by atoms with Gasteiger partial charge in [-0.1, -0.05) is 80.9 Å². The Morgan fingerprint density at radius 3 is 2.32 bits per heavy atom. The smallest absolute Gasteiger partial charge is 0.270 e. The molecule has 2 heterocycles. The minimum Gasteiger partial charge on any atom is -0.352 e. The van der Waals surface area contributed by atoms with E-state index in [2.05, 4.69) is 27.7 Å². The first-order valence-electron chi connectivity index (χ1n) is 16.2. The van der Waals surface area contributed by atoms with Crippen molar-refractivity contribution in [1.29, 1.82) is 0 Å². The first-order valence-corrected chi connectivity index (χ1v) is 16.2. The SMILES string of the molecule is CCCCNC(=O)c1cn(Cc2ccccc2F)c2cc(-c3ccc(NC(=O)CCC)cc3)c(CN(C)Cc3ccccc3)n2c1=O. The molecule has 0 aliphatic heterocycles. The van der Waals surface area contributed by atoms with Crippen molar-refractivity contribution in [1.82, 2.24) is 19.2 Å². The van der Waals surface area contributed by atoms with Crippen molar-refractivity contribution in [3.8, 4) is 11.1 Å². The third-order valence-electron chi connectivity index (χ3n) is 8.13. The number of amides is 2. The first-order chi connectivity index (χ1) is 22.8. The van der Waals surface area contributed by atoms with Crippen LogP contribution in [0, 0.1) is 5.82 Å². The highest BCUT2D eigenvalue weighted by atomic mass is 19.1. The van der Waals surface area contributed by atoms with Gasteiger partial charge in [-0.15, -0.1) is 0 Å². The molecule has 0 aliphatic carbocycles. The van der Waals surface area contributed by atoms with E-state index < -0.39 is 11.5 Å². The summed E-state index contributed by atoms with van der Waals surface area (Å²) < 4.78 is 18.3. The number of nitrogens with zero attached hydrogens (tertiary/aromatic N) is 3. The summed E-state index contributed by atoms with van der Waals surface area (Å²) in [7, 11) is 1.99. The molecule has 2 amide bonds. The van der Waals surface area contributed by atoms with Crippen molar-refractivity contribution in [2.45, 2.75) is 59.2 Å². The lowest BCUT2D eigenvalue weighted by molar-refractivity contribution is -0.116.